The second kappa shape index (κ2) is 7.32. The lowest BCUT2D eigenvalue weighted by Gasteiger charge is -2.22. The van der Waals surface area contributed by atoms with Crippen LogP contribution in [0.4, 0.5) is 0 Å². The first-order valence-electron chi connectivity index (χ1n) is 5.46. The van der Waals surface area contributed by atoms with Gasteiger partial charge in [-0.2, -0.15) is 0 Å². The van der Waals surface area contributed by atoms with Crippen molar-refractivity contribution in [3.63, 3.8) is 0 Å². The molecule has 0 saturated carbocycles. The first kappa shape index (κ1) is 14.0. The Labute approximate surface area is 106 Å². The van der Waals surface area contributed by atoms with Crippen molar-refractivity contribution in [2.45, 2.75) is 19.1 Å². The van der Waals surface area contributed by atoms with Gasteiger partial charge in [-0.25, -0.2) is 0 Å². The van der Waals surface area contributed by atoms with E-state index in [2.05, 4.69) is 10.6 Å². The maximum atomic E-state index is 11.5. The fraction of sp³-hybridized carbons (Fsp3) is 0.545. The van der Waals surface area contributed by atoms with Gasteiger partial charge in [-0.3, -0.25) is 4.79 Å². The van der Waals surface area contributed by atoms with E-state index in [1.54, 1.807) is 12.3 Å². The van der Waals surface area contributed by atoms with Crippen LogP contribution in [0.15, 0.2) is 22.8 Å². The summed E-state index contributed by atoms with van der Waals surface area (Å²) in [7, 11) is 0. The van der Waals surface area contributed by atoms with Gasteiger partial charge in [0.1, 0.15) is 5.76 Å². The number of ether oxygens (including phenoxy) is 1. The van der Waals surface area contributed by atoms with Crippen molar-refractivity contribution in [3.8, 4) is 0 Å². The molecule has 0 bridgehead atoms. The van der Waals surface area contributed by atoms with Crippen LogP contribution in [0.1, 0.15) is 12.2 Å². The van der Waals surface area contributed by atoms with Gasteiger partial charge in [0.2, 0.25) is 5.91 Å². The highest BCUT2D eigenvalue weighted by Gasteiger charge is 2.17. The number of furan rings is 1. The van der Waals surface area contributed by atoms with Gasteiger partial charge in [-0.15, -0.1) is 12.4 Å². The Hall–Kier alpha value is -1.04. The molecule has 0 radical (unpaired) electrons. The first-order valence-corrected chi connectivity index (χ1v) is 5.46. The second-order valence-electron chi connectivity index (χ2n) is 3.76. The Morgan fingerprint density at radius 3 is 3.12 bits per heavy atom. The summed E-state index contributed by atoms with van der Waals surface area (Å²) in [6.45, 7) is 2.72. The third-order valence-corrected chi connectivity index (χ3v) is 2.46. The predicted octanol–water partition coefficient (Wildman–Crippen LogP) is 0.696. The number of amides is 1. The Morgan fingerprint density at radius 1 is 1.59 bits per heavy atom. The topological polar surface area (TPSA) is 63.5 Å². The summed E-state index contributed by atoms with van der Waals surface area (Å²) in [5.41, 5.74) is 0. The molecule has 5 nitrogen and oxygen atoms in total. The molecule has 1 unspecified atom stereocenters. The number of nitrogens with one attached hydrogen (secondary N) is 2. The minimum atomic E-state index is -0.00917. The highest BCUT2D eigenvalue weighted by atomic mass is 35.5. The van der Waals surface area contributed by atoms with Crippen LogP contribution in [0.5, 0.6) is 0 Å². The molecule has 1 saturated heterocycles. The molecule has 6 heteroatoms. The molecular formula is C11H17ClN2O3. The van der Waals surface area contributed by atoms with Gasteiger partial charge in [0.15, 0.2) is 0 Å². The number of morpholine rings is 1. The fourth-order valence-electron chi connectivity index (χ4n) is 1.63. The monoisotopic (exact) mass is 260 g/mol. The van der Waals surface area contributed by atoms with Crippen molar-refractivity contribution in [2.75, 3.05) is 19.7 Å². The number of halogens is 1. The van der Waals surface area contributed by atoms with Gasteiger partial charge in [-0.1, -0.05) is 0 Å². The smallest absolute Gasteiger partial charge is 0.223 e. The van der Waals surface area contributed by atoms with E-state index in [1.165, 1.54) is 0 Å². The lowest BCUT2D eigenvalue weighted by Crippen LogP contribution is -2.41. The summed E-state index contributed by atoms with van der Waals surface area (Å²) in [4.78, 5) is 11.5. The zero-order valence-electron chi connectivity index (χ0n) is 9.48. The number of hydrogen-bond donors (Lipinski definition) is 2. The molecule has 0 aliphatic carbocycles. The molecule has 2 heterocycles. The van der Waals surface area contributed by atoms with Gasteiger partial charge >= 0.3 is 0 Å². The standard InChI is InChI=1S/C11H16N2O3.ClH/c14-11(6-10-7-12-3-5-16-10)13-8-9-2-1-4-15-9;/h1-2,4,10,12H,3,5-8H2,(H,13,14);1H. The fourth-order valence-corrected chi connectivity index (χ4v) is 1.63. The normalized spacial score (nSPS) is 19.4. The molecular weight excluding hydrogens is 244 g/mol. The number of rotatable bonds is 4. The van der Waals surface area contributed by atoms with Crippen LogP contribution in [-0.4, -0.2) is 31.7 Å². The lowest BCUT2D eigenvalue weighted by molar-refractivity contribution is -0.124. The van der Waals surface area contributed by atoms with Crippen LogP contribution >= 0.6 is 12.4 Å². The molecule has 1 amide bonds. The molecule has 96 valence electrons. The van der Waals surface area contributed by atoms with Crippen LogP contribution < -0.4 is 10.6 Å². The summed E-state index contributed by atoms with van der Waals surface area (Å²) in [5.74, 6) is 0.751. The molecule has 1 atom stereocenters. The van der Waals surface area contributed by atoms with Crippen LogP contribution in [0, 0.1) is 0 Å². The van der Waals surface area contributed by atoms with E-state index in [0.29, 0.717) is 19.6 Å². The van der Waals surface area contributed by atoms with Gasteiger partial charge < -0.3 is 19.8 Å². The lowest BCUT2D eigenvalue weighted by atomic mass is 10.2. The van der Waals surface area contributed by atoms with E-state index in [-0.39, 0.29) is 24.4 Å². The largest absolute Gasteiger partial charge is 0.467 e. The van der Waals surface area contributed by atoms with Crippen molar-refractivity contribution in [1.82, 2.24) is 10.6 Å². The molecule has 1 aromatic heterocycles. The summed E-state index contributed by atoms with van der Waals surface area (Å²) >= 11 is 0. The number of hydrogen-bond acceptors (Lipinski definition) is 4. The highest BCUT2D eigenvalue weighted by Crippen LogP contribution is 2.02. The summed E-state index contributed by atoms with van der Waals surface area (Å²) < 4.78 is 10.6. The molecule has 1 aliphatic rings. The van der Waals surface area contributed by atoms with E-state index in [0.717, 1.165) is 18.8 Å². The molecule has 1 fully saturated rings. The van der Waals surface area contributed by atoms with E-state index >= 15 is 0 Å². The third-order valence-electron chi connectivity index (χ3n) is 2.46. The summed E-state index contributed by atoms with van der Waals surface area (Å²) in [6.07, 6.45) is 1.98. The minimum absolute atomic E-state index is 0. The van der Waals surface area contributed by atoms with Crippen molar-refractivity contribution in [3.05, 3.63) is 24.2 Å². The van der Waals surface area contributed by atoms with E-state index < -0.39 is 0 Å². The number of carbonyl (C=O) groups is 1. The van der Waals surface area contributed by atoms with Crippen LogP contribution in [0.25, 0.3) is 0 Å². The first-order chi connectivity index (χ1) is 7.84. The molecule has 0 aromatic carbocycles. The molecule has 0 spiro atoms. The highest BCUT2D eigenvalue weighted by molar-refractivity contribution is 5.85. The van der Waals surface area contributed by atoms with Gasteiger partial charge in [0.05, 0.1) is 31.9 Å². The second-order valence-corrected chi connectivity index (χ2v) is 3.76. The van der Waals surface area contributed by atoms with Gasteiger partial charge in [-0.05, 0) is 12.1 Å². The maximum absolute atomic E-state index is 11.5. The molecule has 1 aromatic rings. The van der Waals surface area contributed by atoms with E-state index in [9.17, 15) is 4.79 Å². The zero-order chi connectivity index (χ0) is 11.2. The molecule has 1 aliphatic heterocycles. The van der Waals surface area contributed by atoms with Crippen molar-refractivity contribution in [2.24, 2.45) is 0 Å². The van der Waals surface area contributed by atoms with Crippen LogP contribution in [0.2, 0.25) is 0 Å². The molecule has 2 rings (SSSR count). The molecule has 17 heavy (non-hydrogen) atoms. The number of carbonyl (C=O) groups excluding carboxylic acids is 1. The van der Waals surface area contributed by atoms with E-state index in [1.807, 2.05) is 6.07 Å². The van der Waals surface area contributed by atoms with Crippen molar-refractivity contribution < 1.29 is 13.9 Å². The Balaban J connectivity index is 0.00000144. The summed E-state index contributed by atoms with van der Waals surface area (Å²) in [5, 5.41) is 5.98. The Morgan fingerprint density at radius 2 is 2.47 bits per heavy atom. The predicted molar refractivity (Wildman–Crippen MR) is 65.0 cm³/mol. The average molecular weight is 261 g/mol. The quantitative estimate of drug-likeness (QED) is 0.836. The zero-order valence-corrected chi connectivity index (χ0v) is 10.3. The SMILES string of the molecule is Cl.O=C(CC1CNCCO1)NCc1ccco1. The Bertz CT molecular complexity index is 323. The summed E-state index contributed by atoms with van der Waals surface area (Å²) in [6, 6.07) is 3.63. The minimum Gasteiger partial charge on any atom is -0.467 e. The van der Waals surface area contributed by atoms with Crippen molar-refractivity contribution >= 4 is 18.3 Å². The van der Waals surface area contributed by atoms with Crippen molar-refractivity contribution in [1.29, 1.82) is 0 Å². The average Bonchev–Trinajstić information content (AvgIpc) is 2.81. The maximum Gasteiger partial charge on any atom is 0.223 e. The molecule has 2 N–H and O–H groups in total. The van der Waals surface area contributed by atoms with Crippen LogP contribution in [-0.2, 0) is 16.1 Å². The van der Waals surface area contributed by atoms with Crippen LogP contribution in [0.3, 0.4) is 0 Å². The van der Waals surface area contributed by atoms with Gasteiger partial charge in [0, 0.05) is 13.1 Å². The third kappa shape index (κ3) is 4.77. The van der Waals surface area contributed by atoms with Gasteiger partial charge in [0.25, 0.3) is 0 Å². The Kier molecular flexibility index (Phi) is 6.04. The van der Waals surface area contributed by atoms with E-state index in [4.69, 9.17) is 9.15 Å².